The summed E-state index contributed by atoms with van der Waals surface area (Å²) in [6.45, 7) is 3.98. The predicted octanol–water partition coefficient (Wildman–Crippen LogP) is 3.11. The molecule has 2 rings (SSSR count). The Balaban J connectivity index is 2.17. The highest BCUT2D eigenvalue weighted by Gasteiger charge is 2.16. The first-order chi connectivity index (χ1) is 11.3. The van der Waals surface area contributed by atoms with Crippen LogP contribution < -0.4 is 10.0 Å². The van der Waals surface area contributed by atoms with Crippen LogP contribution in [0.15, 0.2) is 48.5 Å². The number of benzene rings is 2. The maximum atomic E-state index is 12.5. The standard InChI is InChI=1S/C18H22N2O3S/c1-4-14-9-11-15(12-10-14)13(2)19-18(21)16-7-5-6-8-17(16)20-24(3,22)23/h5-13,20H,4H2,1-3H3,(H,19,21)/t13-/m1/s1. The number of carbonyl (C=O) groups is 1. The second kappa shape index (κ2) is 7.49. The summed E-state index contributed by atoms with van der Waals surface area (Å²) in [4.78, 5) is 12.5. The number of carbonyl (C=O) groups excluding carboxylic acids is 1. The van der Waals surface area contributed by atoms with Crippen LogP contribution in [0, 0.1) is 0 Å². The molecule has 0 aliphatic carbocycles. The molecular weight excluding hydrogens is 324 g/mol. The van der Waals surface area contributed by atoms with E-state index in [1.165, 1.54) is 5.56 Å². The molecule has 0 saturated carbocycles. The zero-order valence-electron chi connectivity index (χ0n) is 14.0. The fourth-order valence-corrected chi connectivity index (χ4v) is 2.95. The number of para-hydroxylation sites is 1. The van der Waals surface area contributed by atoms with Crippen molar-refractivity contribution in [2.75, 3.05) is 11.0 Å². The Labute approximate surface area is 143 Å². The van der Waals surface area contributed by atoms with E-state index < -0.39 is 10.0 Å². The molecule has 2 aromatic carbocycles. The van der Waals surface area contributed by atoms with E-state index in [-0.39, 0.29) is 17.6 Å². The first-order valence-corrected chi connectivity index (χ1v) is 9.66. The zero-order valence-corrected chi connectivity index (χ0v) is 14.9. The molecule has 0 radical (unpaired) electrons. The molecule has 1 amide bonds. The average Bonchev–Trinajstić information content (AvgIpc) is 2.53. The van der Waals surface area contributed by atoms with Crippen molar-refractivity contribution in [1.29, 1.82) is 0 Å². The maximum Gasteiger partial charge on any atom is 0.253 e. The van der Waals surface area contributed by atoms with Crippen LogP contribution in [-0.4, -0.2) is 20.6 Å². The minimum Gasteiger partial charge on any atom is -0.345 e. The third-order valence-electron chi connectivity index (χ3n) is 3.70. The van der Waals surface area contributed by atoms with Crippen molar-refractivity contribution >= 4 is 21.6 Å². The quantitative estimate of drug-likeness (QED) is 0.844. The van der Waals surface area contributed by atoms with Crippen LogP contribution in [0.5, 0.6) is 0 Å². The van der Waals surface area contributed by atoms with E-state index in [2.05, 4.69) is 17.0 Å². The summed E-state index contributed by atoms with van der Waals surface area (Å²) in [5.41, 5.74) is 2.79. The number of aryl methyl sites for hydroxylation is 1. The molecule has 0 aliphatic rings. The van der Waals surface area contributed by atoms with Crippen LogP contribution in [0.25, 0.3) is 0 Å². The number of rotatable bonds is 6. The van der Waals surface area contributed by atoms with E-state index in [4.69, 9.17) is 0 Å². The van der Waals surface area contributed by atoms with Gasteiger partial charge >= 0.3 is 0 Å². The summed E-state index contributed by atoms with van der Waals surface area (Å²) in [6.07, 6.45) is 2.02. The Kier molecular flexibility index (Phi) is 5.62. The van der Waals surface area contributed by atoms with Gasteiger partial charge < -0.3 is 5.32 Å². The molecule has 1 atom stereocenters. The highest BCUT2D eigenvalue weighted by molar-refractivity contribution is 7.92. The Bertz CT molecular complexity index is 814. The lowest BCUT2D eigenvalue weighted by molar-refractivity contribution is 0.0941. The van der Waals surface area contributed by atoms with Gasteiger partial charge in [-0.25, -0.2) is 8.42 Å². The number of amides is 1. The number of nitrogens with one attached hydrogen (secondary N) is 2. The van der Waals surface area contributed by atoms with Gasteiger partial charge in [-0.2, -0.15) is 0 Å². The molecular formula is C18H22N2O3S. The molecule has 128 valence electrons. The zero-order chi connectivity index (χ0) is 17.7. The molecule has 2 aromatic rings. The van der Waals surface area contributed by atoms with Gasteiger partial charge in [0.05, 0.1) is 23.5 Å². The number of anilines is 1. The number of hydrogen-bond donors (Lipinski definition) is 2. The van der Waals surface area contributed by atoms with Crippen LogP contribution >= 0.6 is 0 Å². The van der Waals surface area contributed by atoms with Crippen molar-refractivity contribution in [1.82, 2.24) is 5.32 Å². The van der Waals surface area contributed by atoms with Crippen molar-refractivity contribution in [3.63, 3.8) is 0 Å². The Morgan fingerprint density at radius 3 is 2.29 bits per heavy atom. The van der Waals surface area contributed by atoms with E-state index in [0.717, 1.165) is 18.2 Å². The molecule has 0 fully saturated rings. The maximum absolute atomic E-state index is 12.5. The van der Waals surface area contributed by atoms with E-state index in [1.807, 2.05) is 31.2 Å². The highest BCUT2D eigenvalue weighted by atomic mass is 32.2. The van der Waals surface area contributed by atoms with Gasteiger partial charge in [-0.05, 0) is 36.6 Å². The summed E-state index contributed by atoms with van der Waals surface area (Å²) in [5, 5.41) is 2.90. The van der Waals surface area contributed by atoms with Gasteiger partial charge in [0.1, 0.15) is 0 Å². The third kappa shape index (κ3) is 4.83. The van der Waals surface area contributed by atoms with Crippen molar-refractivity contribution < 1.29 is 13.2 Å². The summed E-state index contributed by atoms with van der Waals surface area (Å²) in [5.74, 6) is -0.325. The lowest BCUT2D eigenvalue weighted by Crippen LogP contribution is -2.27. The molecule has 0 saturated heterocycles. The summed E-state index contributed by atoms with van der Waals surface area (Å²) in [7, 11) is -3.45. The van der Waals surface area contributed by atoms with Crippen LogP contribution in [-0.2, 0) is 16.4 Å². The molecule has 0 heterocycles. The first-order valence-electron chi connectivity index (χ1n) is 7.76. The largest absolute Gasteiger partial charge is 0.345 e. The van der Waals surface area contributed by atoms with Crippen molar-refractivity contribution in [3.05, 3.63) is 65.2 Å². The fourth-order valence-electron chi connectivity index (χ4n) is 2.37. The van der Waals surface area contributed by atoms with Gasteiger partial charge in [-0.1, -0.05) is 43.3 Å². The monoisotopic (exact) mass is 346 g/mol. The fraction of sp³-hybridized carbons (Fsp3) is 0.278. The highest BCUT2D eigenvalue weighted by Crippen LogP contribution is 2.19. The normalized spacial score (nSPS) is 12.5. The van der Waals surface area contributed by atoms with Crippen LogP contribution in [0.3, 0.4) is 0 Å². The predicted molar refractivity (Wildman–Crippen MR) is 96.6 cm³/mol. The molecule has 0 aliphatic heterocycles. The Hall–Kier alpha value is -2.34. The Morgan fingerprint density at radius 1 is 1.08 bits per heavy atom. The lowest BCUT2D eigenvalue weighted by atomic mass is 10.0. The third-order valence-corrected chi connectivity index (χ3v) is 4.29. The van der Waals surface area contributed by atoms with Crippen LogP contribution in [0.1, 0.15) is 41.4 Å². The molecule has 2 N–H and O–H groups in total. The first kappa shape index (κ1) is 18.0. The van der Waals surface area contributed by atoms with Gasteiger partial charge in [0.2, 0.25) is 10.0 Å². The van der Waals surface area contributed by atoms with E-state index >= 15 is 0 Å². The SMILES string of the molecule is CCc1ccc([C@@H](C)NC(=O)c2ccccc2NS(C)(=O)=O)cc1. The minimum atomic E-state index is -3.45. The molecule has 0 aromatic heterocycles. The topological polar surface area (TPSA) is 75.3 Å². The summed E-state index contributed by atoms with van der Waals surface area (Å²) < 4.78 is 25.2. The van der Waals surface area contributed by atoms with Crippen molar-refractivity contribution in [3.8, 4) is 0 Å². The second-order valence-electron chi connectivity index (χ2n) is 5.71. The van der Waals surface area contributed by atoms with Gasteiger partial charge in [0.15, 0.2) is 0 Å². The van der Waals surface area contributed by atoms with Crippen molar-refractivity contribution in [2.24, 2.45) is 0 Å². The van der Waals surface area contributed by atoms with E-state index in [1.54, 1.807) is 24.3 Å². The average molecular weight is 346 g/mol. The smallest absolute Gasteiger partial charge is 0.253 e. The molecule has 0 unspecified atom stereocenters. The van der Waals surface area contributed by atoms with Gasteiger partial charge in [-0.3, -0.25) is 9.52 Å². The molecule has 6 heteroatoms. The van der Waals surface area contributed by atoms with E-state index in [0.29, 0.717) is 5.56 Å². The van der Waals surface area contributed by atoms with Crippen LogP contribution in [0.2, 0.25) is 0 Å². The number of sulfonamides is 1. The molecule has 5 nitrogen and oxygen atoms in total. The minimum absolute atomic E-state index is 0.185. The van der Waals surface area contributed by atoms with E-state index in [9.17, 15) is 13.2 Å². The lowest BCUT2D eigenvalue weighted by Gasteiger charge is -2.16. The summed E-state index contributed by atoms with van der Waals surface area (Å²) >= 11 is 0. The molecule has 0 bridgehead atoms. The van der Waals surface area contributed by atoms with Gasteiger partial charge in [0.25, 0.3) is 5.91 Å². The number of hydrogen-bond acceptors (Lipinski definition) is 3. The Morgan fingerprint density at radius 2 is 1.71 bits per heavy atom. The van der Waals surface area contributed by atoms with Gasteiger partial charge in [0, 0.05) is 0 Å². The molecule has 24 heavy (non-hydrogen) atoms. The van der Waals surface area contributed by atoms with Crippen molar-refractivity contribution in [2.45, 2.75) is 26.3 Å². The molecule has 0 spiro atoms. The van der Waals surface area contributed by atoms with Gasteiger partial charge in [-0.15, -0.1) is 0 Å². The van der Waals surface area contributed by atoms with Crippen LogP contribution in [0.4, 0.5) is 5.69 Å². The summed E-state index contributed by atoms with van der Waals surface area (Å²) in [6, 6.07) is 14.4. The second-order valence-corrected chi connectivity index (χ2v) is 7.46.